The second kappa shape index (κ2) is 3.33. The van der Waals surface area contributed by atoms with E-state index in [1.54, 1.807) is 0 Å². The van der Waals surface area contributed by atoms with Gasteiger partial charge in [-0.25, -0.2) is 0 Å². The van der Waals surface area contributed by atoms with Crippen molar-refractivity contribution in [1.29, 1.82) is 0 Å². The smallest absolute Gasteiger partial charge is 0.223 e. The molecule has 1 aliphatic carbocycles. The first kappa shape index (κ1) is 7.99. The molecule has 0 fully saturated rings. The number of allylic oxidation sites excluding steroid dienone is 2. The highest BCUT2D eigenvalue weighted by atomic mass is 79.9. The maximum Gasteiger partial charge on any atom is 0.223 e. The number of hydrogen-bond acceptors (Lipinski definition) is 1. The maximum absolute atomic E-state index is 10.9. The van der Waals surface area contributed by atoms with Crippen LogP contribution < -0.4 is 0 Å². The van der Waals surface area contributed by atoms with Crippen LogP contribution in [-0.2, 0) is 4.79 Å². The lowest BCUT2D eigenvalue weighted by atomic mass is 9.94. The molecule has 0 amide bonds. The summed E-state index contributed by atoms with van der Waals surface area (Å²) in [5, 5.41) is 0. The molecule has 0 aliphatic heterocycles. The van der Waals surface area contributed by atoms with Gasteiger partial charge in [-0.2, -0.15) is 0 Å². The first-order valence-electron chi connectivity index (χ1n) is 3.60. The maximum atomic E-state index is 10.9. The van der Waals surface area contributed by atoms with E-state index in [-0.39, 0.29) is 4.69 Å². The lowest BCUT2D eigenvalue weighted by Crippen LogP contribution is -2.02. The molecule has 0 saturated heterocycles. The van der Waals surface area contributed by atoms with Crippen molar-refractivity contribution in [3.05, 3.63) is 11.1 Å². The van der Waals surface area contributed by atoms with E-state index in [9.17, 15) is 4.79 Å². The number of hydrogen-bond donors (Lipinski definition) is 0. The van der Waals surface area contributed by atoms with Gasteiger partial charge in [0.25, 0.3) is 0 Å². The Morgan fingerprint density at radius 1 is 1.40 bits per heavy atom. The second-order valence-electron chi connectivity index (χ2n) is 2.74. The van der Waals surface area contributed by atoms with E-state index < -0.39 is 0 Å². The first-order chi connectivity index (χ1) is 4.72. The molecule has 0 atom stereocenters. The first-order valence-corrected chi connectivity index (χ1v) is 4.39. The lowest BCUT2D eigenvalue weighted by molar-refractivity contribution is -0.107. The van der Waals surface area contributed by atoms with E-state index in [4.69, 9.17) is 0 Å². The average molecular weight is 203 g/mol. The molecule has 1 nitrogen and oxygen atoms in total. The van der Waals surface area contributed by atoms with Crippen molar-refractivity contribution in [3.8, 4) is 0 Å². The van der Waals surface area contributed by atoms with Crippen LogP contribution in [0.4, 0.5) is 0 Å². The zero-order valence-corrected chi connectivity index (χ0v) is 7.70. The van der Waals surface area contributed by atoms with Gasteiger partial charge in [0, 0.05) is 5.57 Å². The normalized spacial score (nSPS) is 19.4. The van der Waals surface area contributed by atoms with Crippen LogP contribution in [0, 0.1) is 0 Å². The quantitative estimate of drug-likeness (QED) is 0.599. The van der Waals surface area contributed by atoms with Crippen LogP contribution in [0.5, 0.6) is 0 Å². The van der Waals surface area contributed by atoms with E-state index >= 15 is 0 Å². The SMILES string of the molecule is CC1=C(C(=O)Br)CCCC1. The molecule has 0 heterocycles. The van der Waals surface area contributed by atoms with Crippen molar-refractivity contribution in [3.63, 3.8) is 0 Å². The zero-order valence-electron chi connectivity index (χ0n) is 6.11. The molecule has 2 heteroatoms. The van der Waals surface area contributed by atoms with Gasteiger partial charge in [0.05, 0.1) is 0 Å². The van der Waals surface area contributed by atoms with Crippen molar-refractivity contribution in [1.82, 2.24) is 0 Å². The second-order valence-corrected chi connectivity index (χ2v) is 3.46. The summed E-state index contributed by atoms with van der Waals surface area (Å²) in [4.78, 5) is 10.9. The number of carbonyl (C=O) groups excluding carboxylic acids is 1. The van der Waals surface area contributed by atoms with Crippen molar-refractivity contribution in [2.24, 2.45) is 0 Å². The van der Waals surface area contributed by atoms with Crippen molar-refractivity contribution in [2.75, 3.05) is 0 Å². The predicted octanol–water partition coefficient (Wildman–Crippen LogP) is 2.80. The summed E-state index contributed by atoms with van der Waals surface area (Å²) < 4.78 is 0.0877. The van der Waals surface area contributed by atoms with Crippen molar-refractivity contribution >= 4 is 20.6 Å². The molecular formula is C8H11BrO. The van der Waals surface area contributed by atoms with Gasteiger partial charge in [-0.1, -0.05) is 5.57 Å². The van der Waals surface area contributed by atoms with Gasteiger partial charge < -0.3 is 0 Å². The molecule has 0 unspecified atom stereocenters. The van der Waals surface area contributed by atoms with Crippen LogP contribution in [-0.4, -0.2) is 4.69 Å². The fourth-order valence-electron chi connectivity index (χ4n) is 1.32. The zero-order chi connectivity index (χ0) is 7.56. The molecule has 1 aliphatic rings. The molecule has 1 rings (SSSR count). The Morgan fingerprint density at radius 3 is 2.40 bits per heavy atom. The van der Waals surface area contributed by atoms with E-state index in [0.29, 0.717) is 0 Å². The van der Waals surface area contributed by atoms with E-state index in [2.05, 4.69) is 15.9 Å². The summed E-state index contributed by atoms with van der Waals surface area (Å²) in [7, 11) is 0. The third-order valence-electron chi connectivity index (χ3n) is 1.98. The van der Waals surface area contributed by atoms with Crippen LogP contribution in [0.2, 0.25) is 0 Å². The molecule has 0 bridgehead atoms. The monoisotopic (exact) mass is 202 g/mol. The number of rotatable bonds is 1. The Labute approximate surface area is 69.6 Å². The van der Waals surface area contributed by atoms with Crippen LogP contribution in [0.25, 0.3) is 0 Å². The molecule has 0 saturated carbocycles. The van der Waals surface area contributed by atoms with Gasteiger partial charge in [-0.3, -0.25) is 4.79 Å². The summed E-state index contributed by atoms with van der Waals surface area (Å²) in [6, 6.07) is 0. The summed E-state index contributed by atoms with van der Waals surface area (Å²) in [6.45, 7) is 2.05. The van der Waals surface area contributed by atoms with E-state index in [0.717, 1.165) is 18.4 Å². The number of halogens is 1. The minimum absolute atomic E-state index is 0.0877. The van der Waals surface area contributed by atoms with Gasteiger partial charge in [0.2, 0.25) is 4.69 Å². The van der Waals surface area contributed by atoms with Gasteiger partial charge in [0.15, 0.2) is 0 Å². The molecule has 0 aromatic heterocycles. The van der Waals surface area contributed by atoms with Gasteiger partial charge in [-0.05, 0) is 48.5 Å². The van der Waals surface area contributed by atoms with Gasteiger partial charge >= 0.3 is 0 Å². The van der Waals surface area contributed by atoms with Gasteiger partial charge in [-0.15, -0.1) is 0 Å². The van der Waals surface area contributed by atoms with Crippen LogP contribution >= 0.6 is 15.9 Å². The fourth-order valence-corrected chi connectivity index (χ4v) is 1.86. The molecule has 0 aromatic rings. The van der Waals surface area contributed by atoms with Crippen molar-refractivity contribution < 1.29 is 4.79 Å². The Morgan fingerprint density at radius 2 is 2.00 bits per heavy atom. The Bertz CT molecular complexity index is 182. The molecule has 0 aromatic carbocycles. The summed E-state index contributed by atoms with van der Waals surface area (Å²) in [5.41, 5.74) is 2.28. The van der Waals surface area contributed by atoms with Crippen LogP contribution in [0.1, 0.15) is 32.6 Å². The highest BCUT2D eigenvalue weighted by Gasteiger charge is 2.13. The van der Waals surface area contributed by atoms with Crippen LogP contribution in [0.15, 0.2) is 11.1 Å². The third kappa shape index (κ3) is 1.69. The van der Waals surface area contributed by atoms with Crippen molar-refractivity contribution in [2.45, 2.75) is 32.6 Å². The Balaban J connectivity index is 2.78. The predicted molar refractivity (Wildman–Crippen MR) is 45.1 cm³/mol. The number of carbonyl (C=O) groups is 1. The van der Waals surface area contributed by atoms with Crippen LogP contribution in [0.3, 0.4) is 0 Å². The molecular weight excluding hydrogens is 192 g/mol. The van der Waals surface area contributed by atoms with E-state index in [1.165, 1.54) is 18.4 Å². The summed E-state index contributed by atoms with van der Waals surface area (Å²) in [5.74, 6) is 0. The topological polar surface area (TPSA) is 17.1 Å². The molecule has 0 spiro atoms. The average Bonchev–Trinajstić information content (AvgIpc) is 1.88. The Hall–Kier alpha value is -0.110. The summed E-state index contributed by atoms with van der Waals surface area (Å²) in [6.07, 6.45) is 4.49. The minimum Gasteiger partial charge on any atom is -0.281 e. The third-order valence-corrected chi connectivity index (χ3v) is 2.46. The molecule has 56 valence electrons. The molecule has 10 heavy (non-hydrogen) atoms. The minimum atomic E-state index is 0.0877. The highest BCUT2D eigenvalue weighted by Crippen LogP contribution is 2.25. The highest BCUT2D eigenvalue weighted by molar-refractivity contribution is 9.18. The molecule has 0 N–H and O–H groups in total. The lowest BCUT2D eigenvalue weighted by Gasteiger charge is -2.13. The molecule has 0 radical (unpaired) electrons. The van der Waals surface area contributed by atoms with E-state index in [1.807, 2.05) is 6.92 Å². The van der Waals surface area contributed by atoms with Gasteiger partial charge in [0.1, 0.15) is 0 Å². The summed E-state index contributed by atoms with van der Waals surface area (Å²) >= 11 is 2.98. The standard InChI is InChI=1S/C8H11BrO/c1-6-4-2-3-5-7(6)8(9)10/h2-5H2,1H3. The Kier molecular flexibility index (Phi) is 2.66. The largest absolute Gasteiger partial charge is 0.281 e. The fraction of sp³-hybridized carbons (Fsp3) is 0.625.